The molecule has 0 aliphatic carbocycles. The number of hydrogen-bond donors (Lipinski definition) is 0. The van der Waals surface area contributed by atoms with E-state index >= 15 is 0 Å². The molecule has 0 radical (unpaired) electrons. The molecule has 1 fully saturated rings. The molecule has 21 heavy (non-hydrogen) atoms. The summed E-state index contributed by atoms with van der Waals surface area (Å²) in [6.45, 7) is 4.11. The third kappa shape index (κ3) is 3.52. The highest BCUT2D eigenvalue weighted by Gasteiger charge is 2.31. The van der Waals surface area contributed by atoms with Gasteiger partial charge in [-0.2, -0.15) is 4.31 Å². The molecule has 1 aliphatic heterocycles. The first-order valence-electron chi connectivity index (χ1n) is 7.59. The van der Waals surface area contributed by atoms with Gasteiger partial charge in [0, 0.05) is 18.2 Å². The molecule has 0 saturated carbocycles. The van der Waals surface area contributed by atoms with Gasteiger partial charge in [0.15, 0.2) is 5.78 Å². The van der Waals surface area contributed by atoms with Crippen LogP contribution in [0.1, 0.15) is 56.3 Å². The van der Waals surface area contributed by atoms with Crippen molar-refractivity contribution >= 4 is 15.8 Å². The van der Waals surface area contributed by atoms with Crippen LogP contribution < -0.4 is 0 Å². The smallest absolute Gasteiger partial charge is 0.243 e. The fourth-order valence-electron chi connectivity index (χ4n) is 2.87. The Hall–Kier alpha value is -1.20. The second-order valence-corrected chi connectivity index (χ2v) is 7.50. The minimum atomic E-state index is -3.47. The monoisotopic (exact) mass is 309 g/mol. The van der Waals surface area contributed by atoms with Crippen molar-refractivity contribution in [3.8, 4) is 0 Å². The van der Waals surface area contributed by atoms with E-state index in [-0.39, 0.29) is 16.7 Å². The van der Waals surface area contributed by atoms with Gasteiger partial charge in [-0.1, -0.05) is 31.9 Å². The second kappa shape index (κ2) is 6.71. The minimum Gasteiger partial charge on any atom is -0.295 e. The quantitative estimate of drug-likeness (QED) is 0.802. The van der Waals surface area contributed by atoms with E-state index < -0.39 is 10.0 Å². The Labute approximate surface area is 127 Å². The van der Waals surface area contributed by atoms with E-state index in [9.17, 15) is 13.2 Å². The van der Waals surface area contributed by atoms with E-state index in [0.717, 1.165) is 32.1 Å². The summed E-state index contributed by atoms with van der Waals surface area (Å²) in [5, 5.41) is 0. The second-order valence-electron chi connectivity index (χ2n) is 5.61. The summed E-state index contributed by atoms with van der Waals surface area (Å²) in [6, 6.07) is 6.36. The van der Waals surface area contributed by atoms with Crippen LogP contribution in [0.15, 0.2) is 29.2 Å². The molecule has 1 aromatic rings. The van der Waals surface area contributed by atoms with Gasteiger partial charge in [0.25, 0.3) is 0 Å². The molecule has 0 spiro atoms. The van der Waals surface area contributed by atoms with Gasteiger partial charge in [0.1, 0.15) is 0 Å². The molecular formula is C16H23NO3S. The van der Waals surface area contributed by atoms with Gasteiger partial charge < -0.3 is 0 Å². The first-order valence-corrected chi connectivity index (χ1v) is 9.03. The Kier molecular flexibility index (Phi) is 5.17. The predicted octanol–water partition coefficient (Wildman–Crippen LogP) is 3.23. The van der Waals surface area contributed by atoms with Crippen molar-refractivity contribution in [2.75, 3.05) is 6.54 Å². The van der Waals surface area contributed by atoms with E-state index in [0.29, 0.717) is 12.1 Å². The summed E-state index contributed by atoms with van der Waals surface area (Å²) in [4.78, 5) is 11.6. The van der Waals surface area contributed by atoms with E-state index in [1.807, 2.05) is 6.92 Å². The van der Waals surface area contributed by atoms with Gasteiger partial charge in [0.05, 0.1) is 4.90 Å². The maximum absolute atomic E-state index is 12.8. The molecule has 0 bridgehead atoms. The lowest BCUT2D eigenvalue weighted by Gasteiger charge is -2.28. The predicted molar refractivity (Wildman–Crippen MR) is 82.9 cm³/mol. The van der Waals surface area contributed by atoms with E-state index in [1.54, 1.807) is 28.6 Å². The summed E-state index contributed by atoms with van der Waals surface area (Å²) in [5.41, 5.74) is 0.539. The van der Waals surface area contributed by atoms with Crippen LogP contribution in [0.2, 0.25) is 0 Å². The Balaban J connectivity index is 2.32. The fourth-order valence-corrected chi connectivity index (χ4v) is 4.64. The van der Waals surface area contributed by atoms with Crippen LogP contribution in [0, 0.1) is 0 Å². The molecule has 0 aromatic heterocycles. The standard InChI is InChI=1S/C16H23NO3S/c1-3-15-7-5-4-6-12-17(15)21(19,20)16-10-8-14(9-11-16)13(2)18/h8-11,15H,3-7,12H2,1-2H3. The van der Waals surface area contributed by atoms with E-state index in [2.05, 4.69) is 0 Å². The molecule has 1 unspecified atom stereocenters. The molecule has 5 heteroatoms. The number of sulfonamides is 1. The molecule has 0 N–H and O–H groups in total. The molecule has 4 nitrogen and oxygen atoms in total. The number of rotatable bonds is 4. The van der Waals surface area contributed by atoms with E-state index in [4.69, 9.17) is 0 Å². The molecule has 1 atom stereocenters. The van der Waals surface area contributed by atoms with Crippen LogP contribution in [-0.2, 0) is 10.0 Å². The zero-order valence-electron chi connectivity index (χ0n) is 12.7. The van der Waals surface area contributed by atoms with Crippen molar-refractivity contribution in [3.05, 3.63) is 29.8 Å². The lowest BCUT2D eigenvalue weighted by atomic mass is 10.1. The number of hydrogen-bond acceptors (Lipinski definition) is 3. The molecule has 1 saturated heterocycles. The van der Waals surface area contributed by atoms with Crippen LogP contribution in [0.3, 0.4) is 0 Å². The molecule has 1 heterocycles. The highest BCUT2D eigenvalue weighted by atomic mass is 32.2. The van der Waals surface area contributed by atoms with Crippen molar-refractivity contribution in [3.63, 3.8) is 0 Å². The van der Waals surface area contributed by atoms with Crippen LogP contribution in [0.5, 0.6) is 0 Å². The van der Waals surface area contributed by atoms with Crippen LogP contribution in [-0.4, -0.2) is 31.1 Å². The summed E-state index contributed by atoms with van der Waals surface area (Å²) in [7, 11) is -3.47. The first-order chi connectivity index (χ1) is 9.96. The average Bonchev–Trinajstić information content (AvgIpc) is 2.72. The largest absolute Gasteiger partial charge is 0.295 e. The SMILES string of the molecule is CCC1CCCCCN1S(=O)(=O)c1ccc(C(C)=O)cc1. The number of carbonyl (C=O) groups is 1. The number of benzene rings is 1. The van der Waals surface area contributed by atoms with Crippen molar-refractivity contribution in [2.45, 2.75) is 56.9 Å². The van der Waals surface area contributed by atoms with Gasteiger partial charge >= 0.3 is 0 Å². The summed E-state index contributed by atoms with van der Waals surface area (Å²) in [6.07, 6.45) is 4.87. The number of carbonyl (C=O) groups excluding carboxylic acids is 1. The van der Waals surface area contributed by atoms with Crippen LogP contribution >= 0.6 is 0 Å². The summed E-state index contributed by atoms with van der Waals surface area (Å²) >= 11 is 0. The highest BCUT2D eigenvalue weighted by molar-refractivity contribution is 7.89. The zero-order valence-corrected chi connectivity index (χ0v) is 13.5. The van der Waals surface area contributed by atoms with Crippen molar-refractivity contribution in [1.82, 2.24) is 4.31 Å². The highest BCUT2D eigenvalue weighted by Crippen LogP contribution is 2.26. The first kappa shape index (κ1) is 16.2. The average molecular weight is 309 g/mol. The van der Waals surface area contributed by atoms with Gasteiger partial charge in [-0.3, -0.25) is 4.79 Å². The molecular weight excluding hydrogens is 286 g/mol. The number of nitrogens with zero attached hydrogens (tertiary/aromatic N) is 1. The van der Waals surface area contributed by atoms with Gasteiger partial charge in [-0.25, -0.2) is 8.42 Å². The van der Waals surface area contributed by atoms with Gasteiger partial charge in [-0.15, -0.1) is 0 Å². The van der Waals surface area contributed by atoms with Crippen molar-refractivity contribution in [2.24, 2.45) is 0 Å². The fraction of sp³-hybridized carbons (Fsp3) is 0.562. The topological polar surface area (TPSA) is 54.5 Å². The number of ketones is 1. The van der Waals surface area contributed by atoms with E-state index in [1.165, 1.54) is 6.92 Å². The summed E-state index contributed by atoms with van der Waals surface area (Å²) < 4.78 is 27.3. The third-order valence-electron chi connectivity index (χ3n) is 4.16. The third-order valence-corrected chi connectivity index (χ3v) is 6.13. The Bertz CT molecular complexity index is 592. The Morgan fingerprint density at radius 1 is 1.19 bits per heavy atom. The minimum absolute atomic E-state index is 0.0554. The maximum atomic E-state index is 12.8. The Morgan fingerprint density at radius 2 is 1.86 bits per heavy atom. The molecule has 1 aromatic carbocycles. The maximum Gasteiger partial charge on any atom is 0.243 e. The van der Waals surface area contributed by atoms with Crippen LogP contribution in [0.25, 0.3) is 0 Å². The molecule has 0 amide bonds. The zero-order chi connectivity index (χ0) is 15.5. The van der Waals surface area contributed by atoms with Crippen molar-refractivity contribution < 1.29 is 13.2 Å². The lowest BCUT2D eigenvalue weighted by molar-refractivity contribution is 0.101. The normalized spacial score (nSPS) is 21.0. The van der Waals surface area contributed by atoms with Gasteiger partial charge in [-0.05, 0) is 38.3 Å². The molecule has 1 aliphatic rings. The Morgan fingerprint density at radius 3 is 2.43 bits per heavy atom. The van der Waals surface area contributed by atoms with Crippen LogP contribution in [0.4, 0.5) is 0 Å². The van der Waals surface area contributed by atoms with Gasteiger partial charge in [0.2, 0.25) is 10.0 Å². The number of Topliss-reactive ketones (excluding diaryl/α,β-unsaturated/α-hetero) is 1. The lowest BCUT2D eigenvalue weighted by Crippen LogP contribution is -2.39. The molecule has 116 valence electrons. The summed E-state index contributed by atoms with van der Waals surface area (Å²) in [5.74, 6) is -0.0554. The molecule has 2 rings (SSSR count). The van der Waals surface area contributed by atoms with Crippen molar-refractivity contribution in [1.29, 1.82) is 0 Å².